The number of ether oxygens (including phenoxy) is 1. The van der Waals surface area contributed by atoms with E-state index in [4.69, 9.17) is 9.15 Å². The predicted octanol–water partition coefficient (Wildman–Crippen LogP) is 2.44. The van der Waals surface area contributed by atoms with Crippen LogP contribution in [0.3, 0.4) is 0 Å². The Morgan fingerprint density at radius 2 is 2.20 bits per heavy atom. The number of hydrogen-bond donors (Lipinski definition) is 0. The highest BCUT2D eigenvalue weighted by Crippen LogP contribution is 2.44. The van der Waals surface area contributed by atoms with Crippen LogP contribution >= 0.6 is 0 Å². The lowest BCUT2D eigenvalue weighted by Crippen LogP contribution is -2.10. The summed E-state index contributed by atoms with van der Waals surface area (Å²) in [4.78, 5) is 11.8. The van der Waals surface area contributed by atoms with Crippen LogP contribution in [0.5, 0.6) is 0 Å². The van der Waals surface area contributed by atoms with Crippen LogP contribution in [0.1, 0.15) is 59.6 Å². The van der Waals surface area contributed by atoms with E-state index < -0.39 is 5.97 Å². The van der Waals surface area contributed by atoms with Crippen molar-refractivity contribution in [2.75, 3.05) is 0 Å². The van der Waals surface area contributed by atoms with Gasteiger partial charge in [-0.3, -0.25) is 0 Å². The molecule has 0 radical (unpaired) electrons. The molecule has 2 saturated carbocycles. The minimum Gasteiger partial charge on any atom is -0.472 e. The van der Waals surface area contributed by atoms with Gasteiger partial charge in [0, 0.05) is 12.0 Å². The van der Waals surface area contributed by atoms with Gasteiger partial charge in [0.2, 0.25) is 0 Å². The molecule has 0 aromatic carbocycles. The zero-order valence-electron chi connectivity index (χ0n) is 11.0. The molecule has 6 heteroatoms. The van der Waals surface area contributed by atoms with Crippen molar-refractivity contribution in [3.63, 3.8) is 0 Å². The standard InChI is InChI=1S/C14H15N3O3/c18-14(10-5-6-19-7-10)20-8-12-15-16-13(9-1-2-9)17(12)11-3-4-11/h5-7,9,11H,1-4,8H2. The summed E-state index contributed by atoms with van der Waals surface area (Å²) < 4.78 is 12.3. The van der Waals surface area contributed by atoms with E-state index in [9.17, 15) is 4.79 Å². The molecule has 2 aliphatic rings. The number of rotatable bonds is 5. The first-order chi connectivity index (χ1) is 9.83. The van der Waals surface area contributed by atoms with Crippen molar-refractivity contribution in [1.29, 1.82) is 0 Å². The number of furan rings is 1. The van der Waals surface area contributed by atoms with Crippen molar-refractivity contribution >= 4 is 5.97 Å². The number of esters is 1. The largest absolute Gasteiger partial charge is 0.472 e. The molecule has 0 atom stereocenters. The molecule has 2 heterocycles. The molecule has 2 fully saturated rings. The molecule has 0 aliphatic heterocycles. The average Bonchev–Trinajstić information content (AvgIpc) is 3.39. The maximum absolute atomic E-state index is 11.8. The SMILES string of the molecule is O=C(OCc1nnc(C2CC2)n1C1CC1)c1ccoc1. The first-order valence-corrected chi connectivity index (χ1v) is 6.96. The van der Waals surface area contributed by atoms with Crippen LogP contribution in [0.2, 0.25) is 0 Å². The summed E-state index contributed by atoms with van der Waals surface area (Å²) in [6.45, 7) is 0.167. The molecule has 2 aromatic heterocycles. The van der Waals surface area contributed by atoms with Gasteiger partial charge in [-0.25, -0.2) is 4.79 Å². The molecule has 0 amide bonds. The Morgan fingerprint density at radius 1 is 1.35 bits per heavy atom. The monoisotopic (exact) mass is 273 g/mol. The first-order valence-electron chi connectivity index (χ1n) is 6.96. The maximum Gasteiger partial charge on any atom is 0.341 e. The Morgan fingerprint density at radius 3 is 2.85 bits per heavy atom. The highest BCUT2D eigenvalue weighted by Gasteiger charge is 2.36. The van der Waals surface area contributed by atoms with Gasteiger partial charge < -0.3 is 13.7 Å². The summed E-state index contributed by atoms with van der Waals surface area (Å²) in [7, 11) is 0. The van der Waals surface area contributed by atoms with Gasteiger partial charge in [0.1, 0.15) is 12.1 Å². The van der Waals surface area contributed by atoms with Crippen LogP contribution in [-0.4, -0.2) is 20.7 Å². The fourth-order valence-corrected chi connectivity index (χ4v) is 2.38. The normalized spacial score (nSPS) is 18.2. The lowest BCUT2D eigenvalue weighted by molar-refractivity contribution is 0.0456. The van der Waals surface area contributed by atoms with Crippen LogP contribution in [0.25, 0.3) is 0 Å². The number of hydrogen-bond acceptors (Lipinski definition) is 5. The van der Waals surface area contributed by atoms with Crippen molar-refractivity contribution in [3.8, 4) is 0 Å². The van der Waals surface area contributed by atoms with E-state index in [0.717, 1.165) is 11.6 Å². The van der Waals surface area contributed by atoms with Crippen LogP contribution in [0.15, 0.2) is 23.0 Å². The third-order valence-electron chi connectivity index (χ3n) is 3.74. The molecular formula is C14H15N3O3. The number of carbonyl (C=O) groups is 1. The Bertz CT molecular complexity index is 624. The van der Waals surface area contributed by atoms with Crippen molar-refractivity contribution in [1.82, 2.24) is 14.8 Å². The predicted molar refractivity (Wildman–Crippen MR) is 68.1 cm³/mol. The third kappa shape index (κ3) is 2.11. The molecule has 6 nitrogen and oxygen atoms in total. The second kappa shape index (κ2) is 4.47. The van der Waals surface area contributed by atoms with Crippen LogP contribution in [0.4, 0.5) is 0 Å². The van der Waals surface area contributed by atoms with E-state index in [-0.39, 0.29) is 6.61 Å². The highest BCUT2D eigenvalue weighted by atomic mass is 16.5. The number of aromatic nitrogens is 3. The molecule has 0 N–H and O–H groups in total. The summed E-state index contributed by atoms with van der Waals surface area (Å²) in [6.07, 6.45) is 7.55. The fraction of sp³-hybridized carbons (Fsp3) is 0.500. The summed E-state index contributed by atoms with van der Waals surface area (Å²) in [5.41, 5.74) is 0.421. The Kier molecular flexibility index (Phi) is 2.61. The van der Waals surface area contributed by atoms with E-state index in [2.05, 4.69) is 14.8 Å². The zero-order valence-corrected chi connectivity index (χ0v) is 11.0. The van der Waals surface area contributed by atoms with Crippen LogP contribution in [-0.2, 0) is 11.3 Å². The Hall–Kier alpha value is -2.11. The topological polar surface area (TPSA) is 70.2 Å². The van der Waals surface area contributed by atoms with Crippen molar-refractivity contribution < 1.29 is 13.9 Å². The second-order valence-electron chi connectivity index (χ2n) is 5.44. The number of carbonyl (C=O) groups excluding carboxylic acids is 1. The lowest BCUT2D eigenvalue weighted by atomic mass is 10.3. The molecule has 0 saturated heterocycles. The molecule has 104 valence electrons. The molecule has 4 rings (SSSR count). The van der Waals surface area contributed by atoms with Crippen molar-refractivity contribution in [3.05, 3.63) is 35.8 Å². The average molecular weight is 273 g/mol. The van der Waals surface area contributed by atoms with Crippen LogP contribution in [0, 0.1) is 0 Å². The Labute approximate surface area is 115 Å². The van der Waals surface area contributed by atoms with Gasteiger partial charge >= 0.3 is 5.97 Å². The molecule has 20 heavy (non-hydrogen) atoms. The summed E-state index contributed by atoms with van der Waals surface area (Å²) in [6, 6.07) is 2.09. The smallest absolute Gasteiger partial charge is 0.341 e. The highest BCUT2D eigenvalue weighted by molar-refractivity contribution is 5.88. The van der Waals surface area contributed by atoms with Gasteiger partial charge in [-0.2, -0.15) is 0 Å². The summed E-state index contributed by atoms with van der Waals surface area (Å²) in [5.74, 6) is 1.99. The molecular weight excluding hydrogens is 258 g/mol. The zero-order chi connectivity index (χ0) is 13.5. The van der Waals surface area contributed by atoms with Crippen LogP contribution < -0.4 is 0 Å². The molecule has 0 unspecified atom stereocenters. The number of nitrogens with zero attached hydrogens (tertiary/aromatic N) is 3. The molecule has 2 aliphatic carbocycles. The van der Waals surface area contributed by atoms with Gasteiger partial charge in [-0.15, -0.1) is 10.2 Å². The quantitative estimate of drug-likeness (QED) is 0.782. The Balaban J connectivity index is 1.50. The second-order valence-corrected chi connectivity index (χ2v) is 5.44. The summed E-state index contributed by atoms with van der Waals surface area (Å²) >= 11 is 0. The fourth-order valence-electron chi connectivity index (χ4n) is 2.38. The van der Waals surface area contributed by atoms with Gasteiger partial charge in [-0.1, -0.05) is 0 Å². The molecule has 0 spiro atoms. The molecule has 2 aromatic rings. The molecule has 0 bridgehead atoms. The third-order valence-corrected chi connectivity index (χ3v) is 3.74. The van der Waals surface area contributed by atoms with E-state index in [1.807, 2.05) is 0 Å². The van der Waals surface area contributed by atoms with Crippen molar-refractivity contribution in [2.45, 2.75) is 44.2 Å². The van der Waals surface area contributed by atoms with E-state index in [1.165, 1.54) is 38.2 Å². The maximum atomic E-state index is 11.8. The van der Waals surface area contributed by atoms with E-state index in [0.29, 0.717) is 17.5 Å². The van der Waals surface area contributed by atoms with Gasteiger partial charge in [-0.05, 0) is 31.7 Å². The first kappa shape index (κ1) is 11.7. The van der Waals surface area contributed by atoms with Gasteiger partial charge in [0.05, 0.1) is 11.8 Å². The lowest BCUT2D eigenvalue weighted by Gasteiger charge is -2.08. The van der Waals surface area contributed by atoms with Gasteiger partial charge in [0.15, 0.2) is 12.4 Å². The van der Waals surface area contributed by atoms with E-state index in [1.54, 1.807) is 6.07 Å². The summed E-state index contributed by atoms with van der Waals surface area (Å²) in [5, 5.41) is 8.49. The van der Waals surface area contributed by atoms with E-state index >= 15 is 0 Å². The van der Waals surface area contributed by atoms with Crippen molar-refractivity contribution in [2.24, 2.45) is 0 Å². The minimum absolute atomic E-state index is 0.167. The van der Waals surface area contributed by atoms with Gasteiger partial charge in [0.25, 0.3) is 0 Å². The minimum atomic E-state index is -0.392.